The van der Waals surface area contributed by atoms with Crippen molar-refractivity contribution in [3.8, 4) is 0 Å². The van der Waals surface area contributed by atoms with Crippen LogP contribution in [0.15, 0.2) is 71.4 Å². The van der Waals surface area contributed by atoms with Crippen LogP contribution in [0.5, 0.6) is 0 Å². The normalized spacial score (nSPS) is 27.0. The monoisotopic (exact) mass is 582 g/mol. The highest BCUT2D eigenvalue weighted by molar-refractivity contribution is 6.27. The Morgan fingerprint density at radius 1 is 1.10 bits per heavy atom. The molecule has 2 aromatic carbocycles. The lowest BCUT2D eigenvalue weighted by Crippen LogP contribution is -2.63. The Balaban J connectivity index is 1.53. The molecule has 0 aromatic heterocycles. The maximum atomic E-state index is 13.7. The van der Waals surface area contributed by atoms with Gasteiger partial charge in [-0.15, -0.1) is 11.6 Å². The number of amides is 1. The average molecular weight is 583 g/mol. The molecule has 1 fully saturated rings. The second kappa shape index (κ2) is 9.65. The van der Waals surface area contributed by atoms with E-state index in [2.05, 4.69) is 35.3 Å². The number of halogens is 4. The van der Waals surface area contributed by atoms with Crippen molar-refractivity contribution < 1.29 is 18.0 Å². The molecule has 3 unspecified atom stereocenters. The molecule has 0 radical (unpaired) electrons. The number of hydrogen-bond donors (Lipinski definition) is 0. The molecular formula is C32H34ClF3N4O. The van der Waals surface area contributed by atoms with Crippen LogP contribution in [0, 0.1) is 26.2 Å². The number of carbonyl (C=O) groups excluding carboxylic acids is 1. The molecule has 0 N–H and O–H groups in total. The smallest absolute Gasteiger partial charge is 0.325 e. The minimum absolute atomic E-state index is 0.112. The zero-order valence-corrected chi connectivity index (χ0v) is 24.4. The van der Waals surface area contributed by atoms with E-state index in [-0.39, 0.29) is 18.5 Å². The maximum absolute atomic E-state index is 13.7. The molecule has 41 heavy (non-hydrogen) atoms. The molecule has 0 saturated carbocycles. The predicted molar refractivity (Wildman–Crippen MR) is 156 cm³/mol. The van der Waals surface area contributed by atoms with Crippen LogP contribution >= 0.6 is 11.6 Å². The number of nitrogens with zero attached hydrogens (tertiary/aromatic N) is 4. The van der Waals surface area contributed by atoms with E-state index in [9.17, 15) is 18.0 Å². The molecule has 2 aliphatic heterocycles. The number of aryl methyl sites for hydroxylation is 3. The summed E-state index contributed by atoms with van der Waals surface area (Å²) in [5.74, 6) is -1.46. The van der Waals surface area contributed by atoms with Gasteiger partial charge in [-0.05, 0) is 69.2 Å². The fourth-order valence-electron chi connectivity index (χ4n) is 7.38. The largest absolute Gasteiger partial charge is 0.471 e. The Bertz CT molecular complexity index is 1460. The van der Waals surface area contributed by atoms with E-state index < -0.39 is 29.2 Å². The van der Waals surface area contributed by atoms with Crippen molar-refractivity contribution in [3.05, 3.63) is 88.5 Å². The first-order valence-electron chi connectivity index (χ1n) is 14.1. The van der Waals surface area contributed by atoms with Crippen molar-refractivity contribution in [2.75, 3.05) is 18.1 Å². The Kier molecular flexibility index (Phi) is 6.56. The van der Waals surface area contributed by atoms with Crippen molar-refractivity contribution >= 4 is 29.0 Å². The number of rotatable bonds is 4. The van der Waals surface area contributed by atoms with E-state index in [1.165, 1.54) is 0 Å². The minimum Gasteiger partial charge on any atom is -0.325 e. The summed E-state index contributed by atoms with van der Waals surface area (Å²) in [6.45, 7) is 7.70. The van der Waals surface area contributed by atoms with Crippen molar-refractivity contribution in [2.45, 2.75) is 70.2 Å². The van der Waals surface area contributed by atoms with Gasteiger partial charge in [-0.3, -0.25) is 4.79 Å². The fraction of sp³-hybridized carbons (Fsp3) is 0.438. The van der Waals surface area contributed by atoms with Gasteiger partial charge in [0.2, 0.25) is 0 Å². The van der Waals surface area contributed by atoms with Crippen LogP contribution in [0.25, 0.3) is 0 Å². The average Bonchev–Trinajstić information content (AvgIpc) is 3.53. The van der Waals surface area contributed by atoms with Gasteiger partial charge >= 0.3 is 12.1 Å². The first-order valence-corrected chi connectivity index (χ1v) is 14.4. The van der Waals surface area contributed by atoms with E-state index in [1.54, 1.807) is 0 Å². The lowest BCUT2D eigenvalue weighted by Gasteiger charge is -2.53. The number of piperazine rings is 1. The van der Waals surface area contributed by atoms with Crippen LogP contribution in [0.4, 0.5) is 18.9 Å². The van der Waals surface area contributed by atoms with E-state index in [0.29, 0.717) is 5.84 Å². The van der Waals surface area contributed by atoms with Gasteiger partial charge in [-0.1, -0.05) is 66.3 Å². The van der Waals surface area contributed by atoms with Gasteiger partial charge in [0, 0.05) is 12.0 Å². The minimum atomic E-state index is -4.98. The Hall–Kier alpha value is -3.26. The molecule has 5 nitrogen and oxygen atoms in total. The van der Waals surface area contributed by atoms with Gasteiger partial charge in [-0.2, -0.15) is 18.3 Å². The molecule has 216 valence electrons. The Labute approximate surface area is 243 Å². The number of amidine groups is 1. The van der Waals surface area contributed by atoms with Crippen molar-refractivity contribution in [2.24, 2.45) is 10.5 Å². The van der Waals surface area contributed by atoms with Crippen molar-refractivity contribution in [3.63, 3.8) is 0 Å². The van der Waals surface area contributed by atoms with E-state index in [1.807, 2.05) is 63.0 Å². The summed E-state index contributed by atoms with van der Waals surface area (Å²) in [6.07, 6.45) is 4.05. The third-order valence-corrected chi connectivity index (χ3v) is 9.47. The number of carbonyl (C=O) groups is 1. The van der Waals surface area contributed by atoms with E-state index >= 15 is 0 Å². The second-order valence-corrected chi connectivity index (χ2v) is 12.8. The first-order chi connectivity index (χ1) is 19.3. The van der Waals surface area contributed by atoms with Crippen LogP contribution in [0.2, 0.25) is 0 Å². The van der Waals surface area contributed by atoms with Gasteiger partial charge < -0.3 is 9.80 Å². The summed E-state index contributed by atoms with van der Waals surface area (Å²) in [5, 5.41) is 6.92. The SMILES string of the molecule is Cc1cc(C)c(N2N=C3CN(C(=O)C(F)(F)F)C[C@H](c4ccccc4)N3C2C(C)(Cl)C2=CCC23C=CCC3)c(C)c1. The number of anilines is 1. The number of hydrogen-bond acceptors (Lipinski definition) is 4. The molecule has 2 aromatic rings. The summed E-state index contributed by atoms with van der Waals surface area (Å²) in [7, 11) is 0. The van der Waals surface area contributed by atoms with Crippen molar-refractivity contribution in [1.82, 2.24) is 9.80 Å². The highest BCUT2D eigenvalue weighted by atomic mass is 35.5. The molecule has 1 spiro atoms. The summed E-state index contributed by atoms with van der Waals surface area (Å²) in [6, 6.07) is 13.0. The Morgan fingerprint density at radius 2 is 1.78 bits per heavy atom. The molecule has 6 rings (SSSR count). The summed E-state index contributed by atoms with van der Waals surface area (Å²) in [5.41, 5.74) is 5.80. The van der Waals surface area contributed by atoms with Crippen LogP contribution in [-0.4, -0.2) is 51.8 Å². The zero-order valence-electron chi connectivity index (χ0n) is 23.7. The maximum Gasteiger partial charge on any atom is 0.471 e. The van der Waals surface area contributed by atoms with Gasteiger partial charge in [0.25, 0.3) is 0 Å². The number of fused-ring (bicyclic) bond motifs is 1. The van der Waals surface area contributed by atoms with E-state index in [0.717, 1.165) is 57.7 Å². The topological polar surface area (TPSA) is 39.1 Å². The lowest BCUT2D eigenvalue weighted by molar-refractivity contribution is -0.186. The summed E-state index contributed by atoms with van der Waals surface area (Å²) >= 11 is 7.72. The van der Waals surface area contributed by atoms with E-state index in [4.69, 9.17) is 16.7 Å². The van der Waals surface area contributed by atoms with Crippen LogP contribution in [-0.2, 0) is 4.79 Å². The fourth-order valence-corrected chi connectivity index (χ4v) is 7.84. The van der Waals surface area contributed by atoms with Crippen LogP contribution in [0.1, 0.15) is 54.5 Å². The molecular weight excluding hydrogens is 549 g/mol. The summed E-state index contributed by atoms with van der Waals surface area (Å²) < 4.78 is 41.1. The molecule has 4 aliphatic rings. The van der Waals surface area contributed by atoms with Crippen molar-refractivity contribution in [1.29, 1.82) is 0 Å². The zero-order chi connectivity index (χ0) is 29.3. The molecule has 1 amide bonds. The molecule has 4 atom stereocenters. The van der Waals surface area contributed by atoms with Gasteiger partial charge in [0.05, 0.1) is 18.3 Å². The number of hydrazone groups is 1. The molecule has 2 aliphatic carbocycles. The molecule has 9 heteroatoms. The summed E-state index contributed by atoms with van der Waals surface area (Å²) in [4.78, 5) is 14.6. The number of alkyl halides is 4. The first kappa shape index (κ1) is 27.9. The van der Waals surface area contributed by atoms with Crippen LogP contribution in [0.3, 0.4) is 0 Å². The highest BCUT2D eigenvalue weighted by Gasteiger charge is 2.59. The third kappa shape index (κ3) is 4.46. The molecule has 1 saturated heterocycles. The highest BCUT2D eigenvalue weighted by Crippen LogP contribution is 2.58. The Morgan fingerprint density at radius 3 is 2.34 bits per heavy atom. The quantitative estimate of drug-likeness (QED) is 0.283. The van der Waals surface area contributed by atoms with Gasteiger partial charge in [0.1, 0.15) is 16.9 Å². The standard InChI is InChI=1S/C32H34ClF3N4O/c1-20-16-21(2)27(22(3)17-20)40-28(30(4,33)25-12-15-31(25)13-8-9-14-31)39-24(23-10-6-5-7-11-23)18-38(19-26(39)37-40)29(41)32(34,35)36/h5-8,10-13,16-17,24,28H,9,14-15,18-19H2,1-4H3/t24-,28?,30?,31?/m1/s1. The number of benzene rings is 2. The van der Waals surface area contributed by atoms with Gasteiger partial charge in [0.15, 0.2) is 0 Å². The van der Waals surface area contributed by atoms with Crippen LogP contribution < -0.4 is 5.01 Å². The lowest BCUT2D eigenvalue weighted by atomic mass is 9.63. The molecule has 2 heterocycles. The number of allylic oxidation sites excluding steroid dienone is 3. The third-order valence-electron chi connectivity index (χ3n) is 9.07. The molecule has 0 bridgehead atoms. The predicted octanol–water partition coefficient (Wildman–Crippen LogP) is 7.18. The second-order valence-electron chi connectivity index (χ2n) is 12.0. The van der Waals surface area contributed by atoms with Gasteiger partial charge in [-0.25, -0.2) is 5.01 Å².